The second-order valence-corrected chi connectivity index (χ2v) is 1.08. The van der Waals surface area contributed by atoms with Crippen LogP contribution in [-0.2, 0) is 9.59 Å². The van der Waals surface area contributed by atoms with E-state index in [2.05, 4.69) is 0 Å². The number of carboxylic acid groups (broad SMARTS) is 1. The van der Waals surface area contributed by atoms with E-state index in [9.17, 15) is 14.7 Å². The van der Waals surface area contributed by atoms with E-state index in [4.69, 9.17) is 0 Å². The van der Waals surface area contributed by atoms with Gasteiger partial charge in [-0.2, -0.15) is 0 Å². The summed E-state index contributed by atoms with van der Waals surface area (Å²) in [7, 11) is 0. The SMILES string of the molecule is O=CCCC(=O)[O-].[Na+]. The van der Waals surface area contributed by atoms with Crippen LogP contribution < -0.4 is 34.7 Å². The van der Waals surface area contributed by atoms with E-state index in [1.54, 1.807) is 0 Å². The van der Waals surface area contributed by atoms with Crippen LogP contribution in [0.3, 0.4) is 0 Å². The number of aldehydes is 1. The molecule has 0 aliphatic heterocycles. The maximum atomic E-state index is 9.49. The molecule has 0 aromatic carbocycles. The Balaban J connectivity index is 0. The molecule has 0 unspecified atom stereocenters. The summed E-state index contributed by atoms with van der Waals surface area (Å²) in [5.41, 5.74) is 0. The van der Waals surface area contributed by atoms with E-state index in [-0.39, 0.29) is 42.4 Å². The van der Waals surface area contributed by atoms with Crippen molar-refractivity contribution < 1.29 is 44.3 Å². The molecule has 0 atom stereocenters. The van der Waals surface area contributed by atoms with Gasteiger partial charge in [-0.05, 0) is 6.42 Å². The van der Waals surface area contributed by atoms with Gasteiger partial charge in [0.1, 0.15) is 6.29 Å². The predicted molar refractivity (Wildman–Crippen MR) is 20.3 cm³/mol. The van der Waals surface area contributed by atoms with E-state index in [0.29, 0.717) is 6.29 Å². The van der Waals surface area contributed by atoms with Crippen LogP contribution in [0.5, 0.6) is 0 Å². The van der Waals surface area contributed by atoms with Crippen LogP contribution in [-0.4, -0.2) is 12.3 Å². The molecule has 0 aliphatic carbocycles. The molecule has 0 saturated carbocycles. The minimum Gasteiger partial charge on any atom is -0.550 e. The zero-order valence-electron chi connectivity index (χ0n) is 4.72. The fraction of sp³-hybridized carbons (Fsp3) is 0.500. The van der Waals surface area contributed by atoms with Crippen molar-refractivity contribution in [2.45, 2.75) is 12.8 Å². The van der Waals surface area contributed by atoms with Crippen molar-refractivity contribution in [2.75, 3.05) is 0 Å². The molecule has 0 amide bonds. The van der Waals surface area contributed by atoms with Gasteiger partial charge < -0.3 is 14.7 Å². The maximum absolute atomic E-state index is 9.49. The van der Waals surface area contributed by atoms with Crippen LogP contribution in [0.15, 0.2) is 0 Å². The molecule has 0 N–H and O–H groups in total. The average Bonchev–Trinajstić information content (AvgIpc) is 1.61. The first kappa shape index (κ1) is 11.0. The fourth-order valence-electron chi connectivity index (χ4n) is 0.177. The molecule has 0 radical (unpaired) electrons. The summed E-state index contributed by atoms with van der Waals surface area (Å²) in [5.74, 6) is -1.17. The zero-order valence-corrected chi connectivity index (χ0v) is 6.72. The molecule has 8 heavy (non-hydrogen) atoms. The second kappa shape index (κ2) is 7.14. The molecule has 0 bridgehead atoms. The topological polar surface area (TPSA) is 57.2 Å². The Kier molecular flexibility index (Phi) is 9.82. The molecular weight excluding hydrogens is 119 g/mol. The predicted octanol–water partition coefficient (Wildman–Crippen LogP) is -4.28. The third kappa shape index (κ3) is 9.46. The van der Waals surface area contributed by atoms with Crippen molar-refractivity contribution in [1.29, 1.82) is 0 Å². The summed E-state index contributed by atoms with van der Waals surface area (Å²) >= 11 is 0. The van der Waals surface area contributed by atoms with Crippen molar-refractivity contribution in [3.05, 3.63) is 0 Å². The average molecular weight is 124 g/mol. The minimum absolute atomic E-state index is 0. The van der Waals surface area contributed by atoms with Gasteiger partial charge in [0.2, 0.25) is 0 Å². The summed E-state index contributed by atoms with van der Waals surface area (Å²) in [6.07, 6.45) is 0.446. The Hall–Kier alpha value is 0.140. The van der Waals surface area contributed by atoms with Crippen molar-refractivity contribution in [1.82, 2.24) is 0 Å². The molecule has 4 heteroatoms. The number of hydrogen-bond donors (Lipinski definition) is 0. The first-order chi connectivity index (χ1) is 3.27. The van der Waals surface area contributed by atoms with E-state index >= 15 is 0 Å². The standard InChI is InChI=1S/C4H6O3.Na/c5-3-1-2-4(6)7;/h3H,1-2H2,(H,6,7);/q;+1/p-1. The Labute approximate surface area is 69.4 Å². The van der Waals surface area contributed by atoms with Gasteiger partial charge in [-0.1, -0.05) is 0 Å². The minimum atomic E-state index is -1.17. The van der Waals surface area contributed by atoms with Crippen LogP contribution in [0.4, 0.5) is 0 Å². The van der Waals surface area contributed by atoms with Crippen molar-refractivity contribution >= 4 is 12.3 Å². The summed E-state index contributed by atoms with van der Waals surface area (Å²) in [6, 6.07) is 0. The Morgan fingerprint density at radius 2 is 2.12 bits per heavy atom. The first-order valence-corrected chi connectivity index (χ1v) is 1.91. The molecule has 0 aromatic rings. The molecule has 0 aromatic heterocycles. The van der Waals surface area contributed by atoms with Crippen LogP contribution in [0.2, 0.25) is 0 Å². The summed E-state index contributed by atoms with van der Waals surface area (Å²) < 4.78 is 0. The molecule has 0 heterocycles. The van der Waals surface area contributed by atoms with Gasteiger partial charge in [-0.3, -0.25) is 0 Å². The molecule has 3 nitrogen and oxygen atoms in total. The maximum Gasteiger partial charge on any atom is 1.00 e. The fourth-order valence-corrected chi connectivity index (χ4v) is 0.177. The monoisotopic (exact) mass is 124 g/mol. The van der Waals surface area contributed by atoms with E-state index in [0.717, 1.165) is 0 Å². The summed E-state index contributed by atoms with van der Waals surface area (Å²) in [4.78, 5) is 18.9. The smallest absolute Gasteiger partial charge is 0.550 e. The first-order valence-electron chi connectivity index (χ1n) is 1.91. The van der Waals surface area contributed by atoms with Crippen molar-refractivity contribution in [3.8, 4) is 0 Å². The Morgan fingerprint density at radius 3 is 2.25 bits per heavy atom. The van der Waals surface area contributed by atoms with Gasteiger partial charge in [0.05, 0.1) is 0 Å². The van der Waals surface area contributed by atoms with Gasteiger partial charge in [-0.25, -0.2) is 0 Å². The Bertz CT molecular complexity index is 81.4. The van der Waals surface area contributed by atoms with E-state index in [1.807, 2.05) is 0 Å². The van der Waals surface area contributed by atoms with Crippen LogP contribution >= 0.6 is 0 Å². The molecular formula is C4H5NaO3. The van der Waals surface area contributed by atoms with E-state index < -0.39 is 5.97 Å². The molecule has 0 spiro atoms. The van der Waals surface area contributed by atoms with Crippen LogP contribution in [0, 0.1) is 0 Å². The summed E-state index contributed by atoms with van der Waals surface area (Å²) in [6.45, 7) is 0. The largest absolute Gasteiger partial charge is 1.00 e. The number of rotatable bonds is 3. The third-order valence-corrected chi connectivity index (χ3v) is 0.466. The normalized spacial score (nSPS) is 7.00. The van der Waals surface area contributed by atoms with Crippen LogP contribution in [0.25, 0.3) is 0 Å². The number of hydrogen-bond acceptors (Lipinski definition) is 3. The van der Waals surface area contributed by atoms with Gasteiger partial charge in [0, 0.05) is 12.4 Å². The quantitative estimate of drug-likeness (QED) is 0.282. The molecule has 40 valence electrons. The summed E-state index contributed by atoms with van der Waals surface area (Å²) in [5, 5.41) is 9.49. The number of aliphatic carboxylic acids is 1. The number of carbonyl (C=O) groups is 2. The van der Waals surface area contributed by atoms with Crippen molar-refractivity contribution in [3.63, 3.8) is 0 Å². The Morgan fingerprint density at radius 1 is 1.62 bits per heavy atom. The molecule has 0 saturated heterocycles. The molecule has 0 fully saturated rings. The molecule has 0 rings (SSSR count). The molecule has 0 aliphatic rings. The van der Waals surface area contributed by atoms with E-state index in [1.165, 1.54) is 0 Å². The third-order valence-electron chi connectivity index (χ3n) is 0.466. The van der Waals surface area contributed by atoms with Gasteiger partial charge in [-0.15, -0.1) is 0 Å². The number of carbonyl (C=O) groups excluding carboxylic acids is 2. The van der Waals surface area contributed by atoms with Gasteiger partial charge in [0.25, 0.3) is 0 Å². The van der Waals surface area contributed by atoms with Gasteiger partial charge >= 0.3 is 29.6 Å². The van der Waals surface area contributed by atoms with Crippen molar-refractivity contribution in [2.24, 2.45) is 0 Å². The zero-order chi connectivity index (χ0) is 5.70. The van der Waals surface area contributed by atoms with Gasteiger partial charge in [0.15, 0.2) is 0 Å². The second-order valence-electron chi connectivity index (χ2n) is 1.08. The van der Waals surface area contributed by atoms with Crippen LogP contribution in [0.1, 0.15) is 12.8 Å². The number of carboxylic acids is 1.